The third-order valence-electron chi connectivity index (χ3n) is 7.56. The number of aliphatic hydroxyl groups is 1. The summed E-state index contributed by atoms with van der Waals surface area (Å²) in [4.78, 5) is 15.7. The molecule has 1 N–H and O–H groups in total. The number of rotatable bonds is 8. The number of aliphatic hydroxyl groups excluding tert-OH is 1. The number of alkyl halides is 3. The molecule has 2 saturated carbocycles. The molecular weight excluding hydrogens is 507 g/mol. The highest BCUT2D eigenvalue weighted by molar-refractivity contribution is 8.26. The van der Waals surface area contributed by atoms with Gasteiger partial charge in [-0.05, 0) is 74.1 Å². The highest BCUT2D eigenvalue weighted by atomic mass is 32.2. The van der Waals surface area contributed by atoms with Gasteiger partial charge in [0.15, 0.2) is 0 Å². The maximum atomic E-state index is 13.4. The lowest BCUT2D eigenvalue weighted by Gasteiger charge is -2.30. The van der Waals surface area contributed by atoms with E-state index in [2.05, 4.69) is 0 Å². The fraction of sp³-hybridized carbons (Fsp3) is 0.481. The summed E-state index contributed by atoms with van der Waals surface area (Å²) in [5.41, 5.74) is 0.702. The smallest absolute Gasteiger partial charge is 0.416 e. The molecule has 3 aliphatic rings. The number of hydrogen-bond acceptors (Lipinski definition) is 5. The van der Waals surface area contributed by atoms with Crippen LogP contribution in [0.4, 0.5) is 13.2 Å². The van der Waals surface area contributed by atoms with Crippen molar-refractivity contribution in [3.8, 4) is 11.3 Å². The van der Waals surface area contributed by atoms with Crippen molar-refractivity contribution in [3.05, 3.63) is 52.1 Å². The van der Waals surface area contributed by atoms with E-state index in [-0.39, 0.29) is 18.6 Å². The first-order chi connectivity index (χ1) is 17.2. The second kappa shape index (κ2) is 10.3. The molecule has 4 nitrogen and oxygen atoms in total. The Balaban J connectivity index is 1.41. The number of thioether (sulfide) groups is 1. The number of fused-ring (bicyclic) bond motifs is 2. The summed E-state index contributed by atoms with van der Waals surface area (Å²) in [5, 5.41) is 9.08. The van der Waals surface area contributed by atoms with Crippen molar-refractivity contribution in [2.24, 2.45) is 11.8 Å². The monoisotopic (exact) mass is 535 g/mol. The number of nitrogens with zero attached hydrogens (tertiary/aromatic N) is 1. The van der Waals surface area contributed by atoms with Crippen molar-refractivity contribution >= 4 is 40.3 Å². The predicted molar refractivity (Wildman–Crippen MR) is 138 cm³/mol. The van der Waals surface area contributed by atoms with E-state index in [1.54, 1.807) is 11.0 Å². The summed E-state index contributed by atoms with van der Waals surface area (Å²) in [5.74, 6) is 2.11. The molecule has 0 spiro atoms. The Morgan fingerprint density at radius 1 is 1.14 bits per heavy atom. The highest BCUT2D eigenvalue weighted by Crippen LogP contribution is 2.49. The summed E-state index contributed by atoms with van der Waals surface area (Å²) in [6.07, 6.45) is 4.93. The van der Waals surface area contributed by atoms with Crippen LogP contribution in [-0.2, 0) is 17.4 Å². The average molecular weight is 536 g/mol. The average Bonchev–Trinajstić information content (AvgIpc) is 3.61. The van der Waals surface area contributed by atoms with Crippen LogP contribution in [-0.4, -0.2) is 32.9 Å². The minimum absolute atomic E-state index is 0.0822. The number of thiocarbonyl (C=S) groups is 1. The SMILES string of the molecule is O=C1C(=Cc2oc(-c3ccc(C(F)(F)F)cc3)cc2CCCCCO)SC(=S)N1C1CC2CCC1C2. The quantitative estimate of drug-likeness (QED) is 0.223. The standard InChI is InChI=1S/C27H28F3NO3S2/c28-27(29,30)20-9-7-17(8-10-20)22-14-19(4-2-1-3-11-32)23(34-22)15-24-25(33)31(26(35)36-24)21-13-16-5-6-18(21)12-16/h7-10,14-16,18,21,32H,1-6,11-13H2. The first-order valence-corrected chi connectivity index (χ1v) is 13.7. The van der Waals surface area contributed by atoms with E-state index in [1.807, 2.05) is 6.07 Å². The van der Waals surface area contributed by atoms with E-state index in [0.717, 1.165) is 43.4 Å². The van der Waals surface area contributed by atoms with Gasteiger partial charge in [-0.2, -0.15) is 13.2 Å². The number of hydrogen-bond donors (Lipinski definition) is 1. The molecule has 3 fully saturated rings. The van der Waals surface area contributed by atoms with Crippen molar-refractivity contribution in [3.63, 3.8) is 0 Å². The minimum atomic E-state index is -4.40. The number of amides is 1. The zero-order valence-electron chi connectivity index (χ0n) is 19.7. The molecule has 9 heteroatoms. The zero-order chi connectivity index (χ0) is 25.4. The van der Waals surface area contributed by atoms with Crippen LogP contribution in [0, 0.1) is 11.8 Å². The Morgan fingerprint density at radius 3 is 2.56 bits per heavy atom. The molecule has 1 amide bonds. The molecule has 1 saturated heterocycles. The van der Waals surface area contributed by atoms with Crippen molar-refractivity contribution < 1.29 is 27.5 Å². The summed E-state index contributed by atoms with van der Waals surface area (Å²) in [6.45, 7) is 0.126. The molecular formula is C27H28F3NO3S2. The van der Waals surface area contributed by atoms with Gasteiger partial charge in [0.25, 0.3) is 5.91 Å². The molecule has 2 aromatic rings. The summed E-state index contributed by atoms with van der Waals surface area (Å²) in [6, 6.07) is 6.90. The van der Waals surface area contributed by atoms with E-state index in [1.165, 1.54) is 36.7 Å². The van der Waals surface area contributed by atoms with Crippen LogP contribution in [0.25, 0.3) is 17.4 Å². The Morgan fingerprint density at radius 2 is 1.92 bits per heavy atom. The van der Waals surface area contributed by atoms with Gasteiger partial charge in [0.2, 0.25) is 0 Å². The van der Waals surface area contributed by atoms with Crippen molar-refractivity contribution in [2.45, 2.75) is 63.6 Å². The van der Waals surface area contributed by atoms with Gasteiger partial charge in [-0.1, -0.05) is 49.0 Å². The molecule has 3 unspecified atom stereocenters. The number of benzene rings is 1. The van der Waals surface area contributed by atoms with Gasteiger partial charge in [-0.15, -0.1) is 0 Å². The van der Waals surface area contributed by atoms with Gasteiger partial charge in [0.05, 0.1) is 10.5 Å². The van der Waals surface area contributed by atoms with Crippen LogP contribution in [0.15, 0.2) is 39.7 Å². The molecule has 1 aromatic carbocycles. The van der Waals surface area contributed by atoms with Gasteiger partial charge in [-0.25, -0.2) is 0 Å². The van der Waals surface area contributed by atoms with E-state index in [4.69, 9.17) is 21.7 Å². The van der Waals surface area contributed by atoms with E-state index < -0.39 is 11.7 Å². The van der Waals surface area contributed by atoms with Gasteiger partial charge < -0.3 is 9.52 Å². The maximum Gasteiger partial charge on any atom is 0.416 e. The lowest BCUT2D eigenvalue weighted by atomic mass is 9.94. The van der Waals surface area contributed by atoms with Crippen LogP contribution in [0.5, 0.6) is 0 Å². The Hall–Kier alpha value is -2.10. The third kappa shape index (κ3) is 5.15. The minimum Gasteiger partial charge on any atom is -0.456 e. The molecule has 1 aliphatic heterocycles. The van der Waals surface area contributed by atoms with Gasteiger partial charge in [0.1, 0.15) is 15.8 Å². The molecule has 2 bridgehead atoms. The highest BCUT2D eigenvalue weighted by Gasteiger charge is 2.48. The van der Waals surface area contributed by atoms with Crippen molar-refractivity contribution in [1.29, 1.82) is 0 Å². The number of carbonyl (C=O) groups excluding carboxylic acids is 1. The first-order valence-electron chi connectivity index (χ1n) is 12.4. The number of unbranched alkanes of at least 4 members (excludes halogenated alkanes) is 2. The number of aryl methyl sites for hydroxylation is 1. The summed E-state index contributed by atoms with van der Waals surface area (Å²) >= 11 is 6.89. The van der Waals surface area contributed by atoms with E-state index in [9.17, 15) is 18.0 Å². The van der Waals surface area contributed by atoms with Crippen LogP contribution < -0.4 is 0 Å². The predicted octanol–water partition coefficient (Wildman–Crippen LogP) is 7.06. The molecule has 1 aromatic heterocycles. The second-order valence-corrected chi connectivity index (χ2v) is 11.6. The Bertz CT molecular complexity index is 1170. The van der Waals surface area contributed by atoms with Gasteiger partial charge in [0, 0.05) is 24.3 Å². The number of carbonyl (C=O) groups is 1. The summed E-state index contributed by atoms with van der Waals surface area (Å²) < 4.78 is 45.6. The zero-order valence-corrected chi connectivity index (χ0v) is 21.4. The fourth-order valence-corrected chi connectivity index (χ4v) is 7.09. The van der Waals surface area contributed by atoms with Crippen LogP contribution >= 0.6 is 24.0 Å². The molecule has 5 rings (SSSR count). The van der Waals surface area contributed by atoms with Crippen LogP contribution in [0.3, 0.4) is 0 Å². The topological polar surface area (TPSA) is 53.7 Å². The Labute approximate surface area is 217 Å². The normalized spacial score (nSPS) is 25.1. The number of halogens is 3. The van der Waals surface area contributed by atoms with E-state index >= 15 is 0 Å². The maximum absolute atomic E-state index is 13.4. The largest absolute Gasteiger partial charge is 0.456 e. The third-order valence-corrected chi connectivity index (χ3v) is 8.89. The molecule has 2 aliphatic carbocycles. The van der Waals surface area contributed by atoms with Crippen LogP contribution in [0.1, 0.15) is 61.8 Å². The van der Waals surface area contributed by atoms with Crippen molar-refractivity contribution in [2.75, 3.05) is 6.61 Å². The lowest BCUT2D eigenvalue weighted by Crippen LogP contribution is -2.41. The second-order valence-electron chi connectivity index (χ2n) is 9.90. The first kappa shape index (κ1) is 25.5. The number of furan rings is 1. The molecule has 0 radical (unpaired) electrons. The lowest BCUT2D eigenvalue weighted by molar-refractivity contribution is -0.137. The molecule has 36 heavy (non-hydrogen) atoms. The van der Waals surface area contributed by atoms with Gasteiger partial charge in [-0.3, -0.25) is 9.69 Å². The van der Waals surface area contributed by atoms with Crippen molar-refractivity contribution in [1.82, 2.24) is 4.90 Å². The molecule has 2 heterocycles. The molecule has 3 atom stereocenters. The molecule has 192 valence electrons. The van der Waals surface area contributed by atoms with E-state index in [0.29, 0.717) is 51.0 Å². The summed E-state index contributed by atoms with van der Waals surface area (Å²) in [7, 11) is 0. The van der Waals surface area contributed by atoms with Crippen LogP contribution in [0.2, 0.25) is 0 Å². The fourth-order valence-electron chi connectivity index (χ4n) is 5.74. The van der Waals surface area contributed by atoms with Gasteiger partial charge >= 0.3 is 6.18 Å². The Kier molecular flexibility index (Phi) is 7.34.